The minimum absolute atomic E-state index is 0.00552. The topological polar surface area (TPSA) is 53.1 Å². The Labute approximate surface area is 158 Å². The van der Waals surface area contributed by atoms with Gasteiger partial charge in [-0.2, -0.15) is 0 Å². The van der Waals surface area contributed by atoms with Gasteiger partial charge in [0.05, 0.1) is 12.1 Å². The van der Waals surface area contributed by atoms with E-state index in [9.17, 15) is 9.90 Å². The lowest BCUT2D eigenvalue weighted by Crippen LogP contribution is -2.10. The normalized spacial score (nSPS) is 12.0. The Kier molecular flexibility index (Phi) is 4.03. The number of carboxylic acid groups (broad SMARTS) is 1. The monoisotopic (exact) mass is 357 g/mol. The third-order valence-corrected chi connectivity index (χ3v) is 5.16. The fourth-order valence-electron chi connectivity index (χ4n) is 3.72. The number of aliphatic carboxylic acids is 1. The molecule has 0 radical (unpaired) electrons. The predicted octanol–water partition coefficient (Wildman–Crippen LogP) is 5.91. The minimum Gasteiger partial charge on any atom is -0.481 e. The molecular formula is C24H23NO2. The number of hydrogen-bond donors (Lipinski definition) is 2. The summed E-state index contributed by atoms with van der Waals surface area (Å²) in [6.07, 6.45) is -0.00779. The van der Waals surface area contributed by atoms with Crippen molar-refractivity contribution in [3.63, 3.8) is 0 Å². The lowest BCUT2D eigenvalue weighted by atomic mass is 9.86. The van der Waals surface area contributed by atoms with Gasteiger partial charge in [0.1, 0.15) is 0 Å². The first-order valence-corrected chi connectivity index (χ1v) is 9.19. The number of hydrogen-bond acceptors (Lipinski definition) is 1. The lowest BCUT2D eigenvalue weighted by molar-refractivity contribution is -0.136. The van der Waals surface area contributed by atoms with Gasteiger partial charge in [0.2, 0.25) is 0 Å². The maximum Gasteiger partial charge on any atom is 0.307 e. The number of H-pyrrole nitrogens is 1. The molecule has 136 valence electrons. The van der Waals surface area contributed by atoms with E-state index >= 15 is 0 Å². The summed E-state index contributed by atoms with van der Waals surface area (Å²) in [4.78, 5) is 15.1. The highest BCUT2D eigenvalue weighted by Gasteiger charge is 2.20. The van der Waals surface area contributed by atoms with E-state index in [4.69, 9.17) is 0 Å². The quantitative estimate of drug-likeness (QED) is 0.479. The summed E-state index contributed by atoms with van der Waals surface area (Å²) in [5, 5.41) is 12.8. The Morgan fingerprint density at radius 3 is 2.44 bits per heavy atom. The van der Waals surface area contributed by atoms with E-state index in [1.165, 1.54) is 5.56 Å². The smallest absolute Gasteiger partial charge is 0.307 e. The van der Waals surface area contributed by atoms with Crippen LogP contribution in [0.1, 0.15) is 31.9 Å². The van der Waals surface area contributed by atoms with Crippen molar-refractivity contribution in [3.8, 4) is 11.3 Å². The van der Waals surface area contributed by atoms with Crippen molar-refractivity contribution in [2.75, 3.05) is 0 Å². The molecule has 0 bridgehead atoms. The molecule has 27 heavy (non-hydrogen) atoms. The van der Waals surface area contributed by atoms with Gasteiger partial charge in [0.25, 0.3) is 0 Å². The van der Waals surface area contributed by atoms with E-state index < -0.39 is 5.97 Å². The van der Waals surface area contributed by atoms with Crippen molar-refractivity contribution in [3.05, 3.63) is 71.8 Å². The van der Waals surface area contributed by atoms with Gasteiger partial charge in [-0.05, 0) is 39.4 Å². The second-order valence-electron chi connectivity index (χ2n) is 8.09. The summed E-state index contributed by atoms with van der Waals surface area (Å²) < 4.78 is 0. The molecule has 3 aromatic carbocycles. The predicted molar refractivity (Wildman–Crippen MR) is 111 cm³/mol. The zero-order chi connectivity index (χ0) is 19.2. The molecule has 4 rings (SSSR count). The zero-order valence-electron chi connectivity index (χ0n) is 15.8. The van der Waals surface area contributed by atoms with Gasteiger partial charge >= 0.3 is 5.97 Å². The largest absolute Gasteiger partial charge is 0.481 e. The van der Waals surface area contributed by atoms with Crippen molar-refractivity contribution in [2.24, 2.45) is 0 Å². The van der Waals surface area contributed by atoms with Gasteiger partial charge in [0.15, 0.2) is 0 Å². The van der Waals surface area contributed by atoms with Crippen LogP contribution in [-0.4, -0.2) is 16.1 Å². The van der Waals surface area contributed by atoms with Crippen LogP contribution in [0.4, 0.5) is 0 Å². The van der Waals surface area contributed by atoms with Gasteiger partial charge in [-0.3, -0.25) is 4.79 Å². The highest BCUT2D eigenvalue weighted by atomic mass is 16.4. The number of carbonyl (C=O) groups is 1. The molecule has 4 aromatic rings. The maximum absolute atomic E-state index is 11.6. The SMILES string of the molecule is CC(C)(C)c1ccc2[nH]c(-c3cccc4ccccc34)c(CC(=O)O)c2c1. The number of aromatic amines is 1. The summed E-state index contributed by atoms with van der Waals surface area (Å²) in [6.45, 7) is 6.51. The molecule has 1 heterocycles. The molecule has 0 saturated heterocycles. The second kappa shape index (κ2) is 6.27. The van der Waals surface area contributed by atoms with Crippen LogP contribution in [0.15, 0.2) is 60.7 Å². The summed E-state index contributed by atoms with van der Waals surface area (Å²) in [6, 6.07) is 20.7. The van der Waals surface area contributed by atoms with E-state index in [2.05, 4.69) is 68.2 Å². The fourth-order valence-corrected chi connectivity index (χ4v) is 3.72. The number of aromatic nitrogens is 1. The number of rotatable bonds is 3. The molecule has 0 fully saturated rings. The first-order valence-electron chi connectivity index (χ1n) is 9.19. The molecule has 2 N–H and O–H groups in total. The van der Waals surface area contributed by atoms with Crippen LogP contribution < -0.4 is 0 Å². The Hall–Kier alpha value is -3.07. The van der Waals surface area contributed by atoms with E-state index in [1.54, 1.807) is 0 Å². The lowest BCUT2D eigenvalue weighted by Gasteiger charge is -2.19. The third kappa shape index (κ3) is 3.10. The number of carboxylic acids is 1. The average molecular weight is 357 g/mol. The van der Waals surface area contributed by atoms with Crippen LogP contribution in [0.3, 0.4) is 0 Å². The summed E-state index contributed by atoms with van der Waals surface area (Å²) >= 11 is 0. The summed E-state index contributed by atoms with van der Waals surface area (Å²) in [5.41, 5.74) is 4.96. The van der Waals surface area contributed by atoms with Gasteiger partial charge in [-0.25, -0.2) is 0 Å². The van der Waals surface area contributed by atoms with Crippen molar-refractivity contribution in [2.45, 2.75) is 32.6 Å². The molecule has 3 heteroatoms. The van der Waals surface area contributed by atoms with Crippen molar-refractivity contribution >= 4 is 27.6 Å². The second-order valence-corrected chi connectivity index (χ2v) is 8.09. The van der Waals surface area contributed by atoms with Crippen molar-refractivity contribution < 1.29 is 9.90 Å². The molecule has 0 aliphatic carbocycles. The third-order valence-electron chi connectivity index (χ3n) is 5.16. The molecule has 0 atom stereocenters. The van der Waals surface area contributed by atoms with E-state index in [-0.39, 0.29) is 11.8 Å². The minimum atomic E-state index is -0.821. The van der Waals surface area contributed by atoms with Crippen LogP contribution in [0.25, 0.3) is 32.9 Å². The summed E-state index contributed by atoms with van der Waals surface area (Å²) in [7, 11) is 0. The zero-order valence-corrected chi connectivity index (χ0v) is 15.8. The van der Waals surface area contributed by atoms with Crippen LogP contribution >= 0.6 is 0 Å². The Balaban J connectivity index is 2.03. The van der Waals surface area contributed by atoms with Crippen LogP contribution in [0, 0.1) is 0 Å². The van der Waals surface area contributed by atoms with Crippen LogP contribution in [0.5, 0.6) is 0 Å². The number of nitrogens with one attached hydrogen (secondary N) is 1. The van der Waals surface area contributed by atoms with Gasteiger partial charge < -0.3 is 10.1 Å². The van der Waals surface area contributed by atoms with Crippen LogP contribution in [-0.2, 0) is 16.6 Å². The van der Waals surface area contributed by atoms with Crippen molar-refractivity contribution in [1.82, 2.24) is 4.98 Å². The first-order chi connectivity index (χ1) is 12.8. The maximum atomic E-state index is 11.6. The molecule has 0 aliphatic heterocycles. The molecule has 0 amide bonds. The Morgan fingerprint density at radius 1 is 0.963 bits per heavy atom. The highest BCUT2D eigenvalue weighted by Crippen LogP contribution is 2.36. The van der Waals surface area contributed by atoms with Crippen LogP contribution in [0.2, 0.25) is 0 Å². The average Bonchev–Trinajstić information content (AvgIpc) is 2.97. The molecule has 3 nitrogen and oxygen atoms in total. The van der Waals surface area contributed by atoms with Gasteiger partial charge in [-0.1, -0.05) is 69.3 Å². The van der Waals surface area contributed by atoms with E-state index in [1.807, 2.05) is 18.2 Å². The van der Waals surface area contributed by atoms with E-state index in [0.717, 1.165) is 38.5 Å². The molecule has 0 aliphatic rings. The Morgan fingerprint density at radius 2 is 1.70 bits per heavy atom. The first kappa shape index (κ1) is 17.3. The number of fused-ring (bicyclic) bond motifs is 2. The fraction of sp³-hybridized carbons (Fsp3) is 0.208. The highest BCUT2D eigenvalue weighted by molar-refractivity contribution is 6.02. The Bertz CT molecular complexity index is 1160. The number of benzene rings is 3. The molecule has 0 unspecified atom stereocenters. The van der Waals surface area contributed by atoms with Gasteiger partial charge in [-0.15, -0.1) is 0 Å². The van der Waals surface area contributed by atoms with Gasteiger partial charge in [0, 0.05) is 16.5 Å². The molecular weight excluding hydrogens is 334 g/mol. The molecule has 1 aromatic heterocycles. The molecule has 0 spiro atoms. The standard InChI is InChI=1S/C24H23NO2/c1-24(2,3)16-11-12-21-19(13-16)20(14-22(26)27)23(25-21)18-10-6-8-15-7-4-5-9-17(15)18/h4-13,25H,14H2,1-3H3,(H,26,27). The van der Waals surface area contributed by atoms with Crippen molar-refractivity contribution in [1.29, 1.82) is 0 Å². The molecule has 0 saturated carbocycles. The summed E-state index contributed by atoms with van der Waals surface area (Å²) in [5.74, 6) is -0.821. The van der Waals surface area contributed by atoms with E-state index in [0.29, 0.717) is 0 Å².